The van der Waals surface area contributed by atoms with Crippen LogP contribution in [0.3, 0.4) is 0 Å². The van der Waals surface area contributed by atoms with Gasteiger partial charge in [0, 0.05) is 31.9 Å². The van der Waals surface area contributed by atoms with E-state index >= 15 is 0 Å². The standard InChI is InChI=1S/C14H23N3O/c1-11-7-14(18,10-17(11)13-3-4-13)6-5-12-8-15-16(2)9-12/h8-9,11,13,18H,3-7,10H2,1-2H3. The second-order valence-corrected chi connectivity index (χ2v) is 6.20. The van der Waals surface area contributed by atoms with E-state index in [9.17, 15) is 5.11 Å². The fourth-order valence-electron chi connectivity index (χ4n) is 3.28. The van der Waals surface area contributed by atoms with Crippen molar-refractivity contribution in [1.29, 1.82) is 0 Å². The van der Waals surface area contributed by atoms with Gasteiger partial charge in [0.1, 0.15) is 0 Å². The average molecular weight is 249 g/mol. The van der Waals surface area contributed by atoms with E-state index in [1.54, 1.807) is 0 Å². The second kappa shape index (κ2) is 4.35. The van der Waals surface area contributed by atoms with Crippen LogP contribution >= 0.6 is 0 Å². The summed E-state index contributed by atoms with van der Waals surface area (Å²) in [6, 6.07) is 1.30. The molecule has 0 aromatic carbocycles. The Hall–Kier alpha value is -0.870. The van der Waals surface area contributed by atoms with Gasteiger partial charge in [0.15, 0.2) is 0 Å². The van der Waals surface area contributed by atoms with Gasteiger partial charge < -0.3 is 5.11 Å². The van der Waals surface area contributed by atoms with Gasteiger partial charge in [-0.15, -0.1) is 0 Å². The highest BCUT2D eigenvalue weighted by Gasteiger charge is 2.45. The Balaban J connectivity index is 1.58. The van der Waals surface area contributed by atoms with Crippen LogP contribution in [0.4, 0.5) is 0 Å². The van der Waals surface area contributed by atoms with Crippen molar-refractivity contribution in [3.05, 3.63) is 18.0 Å². The number of rotatable bonds is 4. The molecule has 1 saturated heterocycles. The van der Waals surface area contributed by atoms with Crippen LogP contribution in [0.5, 0.6) is 0 Å². The van der Waals surface area contributed by atoms with Gasteiger partial charge in [-0.05, 0) is 44.6 Å². The summed E-state index contributed by atoms with van der Waals surface area (Å²) in [6.45, 7) is 3.11. The van der Waals surface area contributed by atoms with Gasteiger partial charge in [-0.2, -0.15) is 5.10 Å². The van der Waals surface area contributed by atoms with Crippen LogP contribution in [0.15, 0.2) is 12.4 Å². The van der Waals surface area contributed by atoms with Crippen molar-refractivity contribution in [1.82, 2.24) is 14.7 Å². The SMILES string of the molecule is CC1CC(O)(CCc2cnn(C)c2)CN1C1CC1. The average Bonchev–Trinajstić information content (AvgIpc) is 3.00. The molecule has 2 atom stereocenters. The number of aromatic nitrogens is 2. The zero-order valence-electron chi connectivity index (χ0n) is 11.3. The third kappa shape index (κ3) is 2.45. The first-order valence-corrected chi connectivity index (χ1v) is 7.01. The molecule has 1 N–H and O–H groups in total. The first-order valence-electron chi connectivity index (χ1n) is 7.01. The first-order chi connectivity index (χ1) is 8.56. The Kier molecular flexibility index (Phi) is 2.94. The summed E-state index contributed by atoms with van der Waals surface area (Å²) < 4.78 is 1.83. The molecule has 0 amide bonds. The van der Waals surface area contributed by atoms with E-state index in [1.807, 2.05) is 24.1 Å². The molecule has 0 spiro atoms. The predicted molar refractivity (Wildman–Crippen MR) is 70.3 cm³/mol. The molecule has 100 valence electrons. The molecule has 0 radical (unpaired) electrons. The third-order valence-electron chi connectivity index (χ3n) is 4.37. The molecular weight excluding hydrogens is 226 g/mol. The fraction of sp³-hybridized carbons (Fsp3) is 0.786. The maximum Gasteiger partial charge on any atom is 0.0792 e. The molecule has 3 rings (SSSR count). The minimum absolute atomic E-state index is 0.488. The third-order valence-corrected chi connectivity index (χ3v) is 4.37. The molecule has 0 bridgehead atoms. The summed E-state index contributed by atoms with van der Waals surface area (Å²) in [6.07, 6.45) is 9.29. The maximum atomic E-state index is 10.7. The van der Waals surface area contributed by atoms with Crippen LogP contribution in [0.25, 0.3) is 0 Å². The summed E-state index contributed by atoms with van der Waals surface area (Å²) >= 11 is 0. The van der Waals surface area contributed by atoms with Crippen LogP contribution in [0.2, 0.25) is 0 Å². The monoisotopic (exact) mass is 249 g/mol. The number of aryl methyl sites for hydroxylation is 2. The normalized spacial score (nSPS) is 33.2. The molecule has 4 nitrogen and oxygen atoms in total. The second-order valence-electron chi connectivity index (χ2n) is 6.20. The molecule has 1 aromatic rings. The molecule has 2 unspecified atom stereocenters. The molecule has 1 aliphatic heterocycles. The van der Waals surface area contributed by atoms with E-state index in [0.29, 0.717) is 6.04 Å². The molecule has 2 fully saturated rings. The van der Waals surface area contributed by atoms with Crippen LogP contribution in [0.1, 0.15) is 38.2 Å². The quantitative estimate of drug-likeness (QED) is 0.875. The van der Waals surface area contributed by atoms with E-state index in [2.05, 4.69) is 16.9 Å². The van der Waals surface area contributed by atoms with Crippen molar-refractivity contribution in [2.75, 3.05) is 6.54 Å². The highest BCUT2D eigenvalue weighted by Crippen LogP contribution is 2.38. The van der Waals surface area contributed by atoms with Crippen molar-refractivity contribution in [2.24, 2.45) is 7.05 Å². The summed E-state index contributed by atoms with van der Waals surface area (Å²) in [5.41, 5.74) is 0.737. The van der Waals surface area contributed by atoms with E-state index in [0.717, 1.165) is 31.8 Å². The molecule has 18 heavy (non-hydrogen) atoms. The minimum Gasteiger partial charge on any atom is -0.388 e. The van der Waals surface area contributed by atoms with Gasteiger partial charge >= 0.3 is 0 Å². The first kappa shape index (κ1) is 12.2. The minimum atomic E-state index is -0.488. The van der Waals surface area contributed by atoms with Gasteiger partial charge in [0.25, 0.3) is 0 Å². The van der Waals surface area contributed by atoms with Gasteiger partial charge in [0.2, 0.25) is 0 Å². The molecular formula is C14H23N3O. The number of β-amino-alcohol motifs (C(OH)–C–C–N with tert-alkyl or cyclic N) is 1. The smallest absolute Gasteiger partial charge is 0.0792 e. The largest absolute Gasteiger partial charge is 0.388 e. The van der Waals surface area contributed by atoms with Crippen molar-refractivity contribution in [3.63, 3.8) is 0 Å². The molecule has 1 aliphatic carbocycles. The zero-order valence-corrected chi connectivity index (χ0v) is 11.3. The molecule has 2 aliphatic rings. The number of likely N-dealkylation sites (tertiary alicyclic amines) is 1. The lowest BCUT2D eigenvalue weighted by atomic mass is 9.93. The molecule has 2 heterocycles. The van der Waals surface area contributed by atoms with E-state index < -0.39 is 5.60 Å². The van der Waals surface area contributed by atoms with Crippen molar-refractivity contribution in [3.8, 4) is 0 Å². The van der Waals surface area contributed by atoms with E-state index in [4.69, 9.17) is 0 Å². The number of aliphatic hydroxyl groups is 1. The van der Waals surface area contributed by atoms with Crippen molar-refractivity contribution >= 4 is 0 Å². The maximum absolute atomic E-state index is 10.7. The molecule has 1 saturated carbocycles. The van der Waals surface area contributed by atoms with E-state index in [-0.39, 0.29) is 0 Å². The van der Waals surface area contributed by atoms with Crippen LogP contribution < -0.4 is 0 Å². The van der Waals surface area contributed by atoms with Crippen molar-refractivity contribution in [2.45, 2.75) is 56.7 Å². The molecule has 1 aromatic heterocycles. The number of hydrogen-bond donors (Lipinski definition) is 1. The topological polar surface area (TPSA) is 41.3 Å². The predicted octanol–water partition coefficient (Wildman–Crippen LogP) is 1.34. The van der Waals surface area contributed by atoms with Crippen molar-refractivity contribution < 1.29 is 5.11 Å². The lowest BCUT2D eigenvalue weighted by Crippen LogP contribution is -2.35. The van der Waals surface area contributed by atoms with Gasteiger partial charge in [-0.1, -0.05) is 0 Å². The van der Waals surface area contributed by atoms with Gasteiger partial charge in [-0.3, -0.25) is 9.58 Å². The van der Waals surface area contributed by atoms with Crippen LogP contribution in [0, 0.1) is 0 Å². The Morgan fingerprint density at radius 2 is 2.28 bits per heavy atom. The summed E-state index contributed by atoms with van der Waals surface area (Å²) in [4.78, 5) is 2.50. The Labute approximate surface area is 109 Å². The zero-order chi connectivity index (χ0) is 12.8. The lowest BCUT2D eigenvalue weighted by molar-refractivity contribution is 0.0400. The Morgan fingerprint density at radius 3 is 2.89 bits per heavy atom. The number of hydrogen-bond acceptors (Lipinski definition) is 3. The summed E-state index contributed by atoms with van der Waals surface area (Å²) in [7, 11) is 1.94. The van der Waals surface area contributed by atoms with Crippen LogP contribution in [-0.2, 0) is 13.5 Å². The van der Waals surface area contributed by atoms with Gasteiger partial charge in [-0.25, -0.2) is 0 Å². The lowest BCUT2D eigenvalue weighted by Gasteiger charge is -2.23. The van der Waals surface area contributed by atoms with Crippen LogP contribution in [-0.4, -0.2) is 44.0 Å². The van der Waals surface area contributed by atoms with E-state index in [1.165, 1.54) is 18.4 Å². The highest BCUT2D eigenvalue weighted by molar-refractivity contribution is 5.07. The Morgan fingerprint density at radius 1 is 1.50 bits per heavy atom. The Bertz CT molecular complexity index is 426. The summed E-state index contributed by atoms with van der Waals surface area (Å²) in [5, 5.41) is 14.9. The highest BCUT2D eigenvalue weighted by atomic mass is 16.3. The number of nitrogens with zero attached hydrogens (tertiary/aromatic N) is 3. The molecule has 4 heteroatoms. The fourth-order valence-corrected chi connectivity index (χ4v) is 3.28. The summed E-state index contributed by atoms with van der Waals surface area (Å²) in [5.74, 6) is 0. The van der Waals surface area contributed by atoms with Gasteiger partial charge in [0.05, 0.1) is 11.8 Å².